The van der Waals surface area contributed by atoms with E-state index in [0.29, 0.717) is 0 Å². The summed E-state index contributed by atoms with van der Waals surface area (Å²) >= 11 is 3.08. The molecule has 0 aliphatic rings. The minimum Gasteiger partial charge on any atom is -0.478 e. The summed E-state index contributed by atoms with van der Waals surface area (Å²) < 4.78 is 24.6. The Hall–Kier alpha value is -1.41. The zero-order chi connectivity index (χ0) is 15.5. The number of rotatable bonds is 5. The maximum Gasteiger partial charge on any atom is 0.335 e. The van der Waals surface area contributed by atoms with Gasteiger partial charge in [0.1, 0.15) is 0 Å². The van der Waals surface area contributed by atoms with Gasteiger partial charge in [0, 0.05) is 25.0 Å². The highest BCUT2D eigenvalue weighted by Gasteiger charge is 2.21. The van der Waals surface area contributed by atoms with Crippen molar-refractivity contribution in [3.8, 4) is 0 Å². The Bertz CT molecular complexity index is 639. The lowest BCUT2D eigenvalue weighted by Gasteiger charge is -2.11. The van der Waals surface area contributed by atoms with E-state index in [-0.39, 0.29) is 33.0 Å². The molecule has 0 bridgehead atoms. The summed E-state index contributed by atoms with van der Waals surface area (Å²) in [4.78, 5) is 23.5. The van der Waals surface area contributed by atoms with Gasteiger partial charge in [0.25, 0.3) is 0 Å². The van der Waals surface area contributed by atoms with Crippen LogP contribution < -0.4 is 0 Å². The highest BCUT2D eigenvalue weighted by Crippen LogP contribution is 2.25. The first kappa shape index (κ1) is 16.6. The highest BCUT2D eigenvalue weighted by molar-refractivity contribution is 9.10. The van der Waals surface area contributed by atoms with Crippen LogP contribution in [-0.4, -0.2) is 50.1 Å². The lowest BCUT2D eigenvalue weighted by molar-refractivity contribution is -0.128. The molecule has 1 aromatic carbocycles. The van der Waals surface area contributed by atoms with E-state index in [4.69, 9.17) is 5.11 Å². The number of carboxylic acid groups (broad SMARTS) is 1. The average molecular weight is 364 g/mol. The Balaban J connectivity index is 3.06. The maximum atomic E-state index is 12.2. The van der Waals surface area contributed by atoms with Gasteiger partial charge in [-0.15, -0.1) is 0 Å². The van der Waals surface area contributed by atoms with Crippen molar-refractivity contribution < 1.29 is 23.1 Å². The van der Waals surface area contributed by atoms with Gasteiger partial charge in [-0.1, -0.05) is 0 Å². The number of carbonyl (C=O) groups is 2. The Morgan fingerprint density at radius 2 is 1.90 bits per heavy atom. The van der Waals surface area contributed by atoms with E-state index >= 15 is 0 Å². The third kappa shape index (κ3) is 4.04. The fourth-order valence-corrected chi connectivity index (χ4v) is 3.75. The van der Waals surface area contributed by atoms with Crippen molar-refractivity contribution in [2.24, 2.45) is 0 Å². The average Bonchev–Trinajstić information content (AvgIpc) is 2.35. The van der Waals surface area contributed by atoms with Crippen molar-refractivity contribution in [3.05, 3.63) is 28.2 Å². The molecule has 110 valence electrons. The Morgan fingerprint density at radius 3 is 2.40 bits per heavy atom. The molecule has 8 heteroatoms. The van der Waals surface area contributed by atoms with Crippen LogP contribution >= 0.6 is 15.9 Å². The SMILES string of the molecule is CN(C)C(=O)CCS(=O)(=O)c1cc(C(=O)O)ccc1Br. The van der Waals surface area contributed by atoms with Crippen LogP contribution in [0.25, 0.3) is 0 Å². The van der Waals surface area contributed by atoms with E-state index in [0.717, 1.165) is 6.07 Å². The molecule has 20 heavy (non-hydrogen) atoms. The zero-order valence-corrected chi connectivity index (χ0v) is 13.4. The number of amides is 1. The van der Waals surface area contributed by atoms with Crippen molar-refractivity contribution in [1.29, 1.82) is 0 Å². The first-order valence-electron chi connectivity index (χ1n) is 5.61. The van der Waals surface area contributed by atoms with E-state index in [1.54, 1.807) is 0 Å². The lowest BCUT2D eigenvalue weighted by Crippen LogP contribution is -2.24. The summed E-state index contributed by atoms with van der Waals surface area (Å²) in [7, 11) is -0.658. The monoisotopic (exact) mass is 363 g/mol. The summed E-state index contributed by atoms with van der Waals surface area (Å²) in [6.45, 7) is 0. The topological polar surface area (TPSA) is 91.8 Å². The minimum atomic E-state index is -3.73. The number of carbonyl (C=O) groups excluding carboxylic acids is 1. The molecule has 0 aliphatic heterocycles. The number of halogens is 1. The van der Waals surface area contributed by atoms with E-state index in [1.165, 1.54) is 31.1 Å². The Kier molecular flexibility index (Phi) is 5.29. The second-order valence-corrected chi connectivity index (χ2v) is 7.24. The second-order valence-electron chi connectivity index (χ2n) is 4.31. The third-order valence-corrected chi connectivity index (χ3v) is 5.30. The molecule has 0 aliphatic carbocycles. The summed E-state index contributed by atoms with van der Waals surface area (Å²) in [5, 5.41) is 8.89. The number of hydrogen-bond acceptors (Lipinski definition) is 4. The lowest BCUT2D eigenvalue weighted by atomic mass is 10.2. The molecule has 0 aromatic heterocycles. The molecule has 0 unspecified atom stereocenters. The molecule has 1 N–H and O–H groups in total. The molecule has 0 atom stereocenters. The van der Waals surface area contributed by atoms with Crippen LogP contribution in [0.2, 0.25) is 0 Å². The van der Waals surface area contributed by atoms with Crippen LogP contribution in [0.3, 0.4) is 0 Å². The number of sulfone groups is 1. The number of carboxylic acids is 1. The summed E-state index contributed by atoms with van der Waals surface area (Å²) in [6, 6.07) is 3.75. The molecule has 0 saturated carbocycles. The van der Waals surface area contributed by atoms with Crippen molar-refractivity contribution in [3.63, 3.8) is 0 Å². The van der Waals surface area contributed by atoms with Crippen molar-refractivity contribution in [1.82, 2.24) is 4.90 Å². The van der Waals surface area contributed by atoms with E-state index in [1.807, 2.05) is 0 Å². The smallest absolute Gasteiger partial charge is 0.335 e. The first-order chi connectivity index (χ1) is 9.15. The minimum absolute atomic E-state index is 0.120. The molecular weight excluding hydrogens is 350 g/mol. The van der Waals surface area contributed by atoms with E-state index < -0.39 is 15.8 Å². The van der Waals surface area contributed by atoms with Gasteiger partial charge in [0.2, 0.25) is 5.91 Å². The van der Waals surface area contributed by atoms with Gasteiger partial charge in [-0.25, -0.2) is 13.2 Å². The number of benzene rings is 1. The fourth-order valence-electron chi connectivity index (χ4n) is 1.43. The van der Waals surface area contributed by atoms with E-state index in [2.05, 4.69) is 15.9 Å². The van der Waals surface area contributed by atoms with Crippen LogP contribution in [0, 0.1) is 0 Å². The first-order valence-corrected chi connectivity index (χ1v) is 8.05. The molecule has 0 heterocycles. The van der Waals surface area contributed by atoms with Crippen molar-refractivity contribution in [2.75, 3.05) is 19.8 Å². The van der Waals surface area contributed by atoms with Crippen LogP contribution in [0.5, 0.6) is 0 Å². The molecule has 1 aromatic rings. The van der Waals surface area contributed by atoms with Gasteiger partial charge in [-0.3, -0.25) is 4.79 Å². The van der Waals surface area contributed by atoms with Crippen molar-refractivity contribution >= 4 is 37.6 Å². The van der Waals surface area contributed by atoms with Crippen LogP contribution in [0.1, 0.15) is 16.8 Å². The molecule has 0 radical (unpaired) electrons. The quantitative estimate of drug-likeness (QED) is 0.853. The molecule has 1 rings (SSSR count). The molecular formula is C12H14BrNO5S. The molecule has 0 fully saturated rings. The van der Waals surface area contributed by atoms with Crippen LogP contribution in [-0.2, 0) is 14.6 Å². The van der Waals surface area contributed by atoms with Crippen LogP contribution in [0.4, 0.5) is 0 Å². The number of hydrogen-bond donors (Lipinski definition) is 1. The molecule has 1 amide bonds. The predicted octanol–water partition coefficient (Wildman–Crippen LogP) is 1.40. The maximum absolute atomic E-state index is 12.2. The second kappa shape index (κ2) is 6.36. The zero-order valence-electron chi connectivity index (χ0n) is 11.0. The molecule has 0 saturated heterocycles. The normalized spacial score (nSPS) is 11.2. The van der Waals surface area contributed by atoms with Gasteiger partial charge in [0.05, 0.1) is 16.2 Å². The summed E-state index contributed by atoms with van der Waals surface area (Å²) in [6.07, 6.45) is -0.154. The predicted molar refractivity (Wildman–Crippen MR) is 76.5 cm³/mol. The third-order valence-electron chi connectivity index (χ3n) is 2.60. The number of nitrogens with zero attached hydrogens (tertiary/aromatic N) is 1. The molecule has 6 nitrogen and oxygen atoms in total. The Labute approximate surface area is 125 Å². The molecule has 0 spiro atoms. The fraction of sp³-hybridized carbons (Fsp3) is 0.333. The van der Waals surface area contributed by atoms with Gasteiger partial charge in [0.15, 0.2) is 9.84 Å². The number of aromatic carboxylic acids is 1. The van der Waals surface area contributed by atoms with Gasteiger partial charge >= 0.3 is 5.97 Å². The summed E-state index contributed by atoms with van der Waals surface area (Å²) in [5.41, 5.74) is -0.120. The van der Waals surface area contributed by atoms with Gasteiger partial charge < -0.3 is 10.0 Å². The van der Waals surface area contributed by atoms with Crippen molar-refractivity contribution in [2.45, 2.75) is 11.3 Å². The van der Waals surface area contributed by atoms with E-state index in [9.17, 15) is 18.0 Å². The van der Waals surface area contributed by atoms with Crippen LogP contribution in [0.15, 0.2) is 27.6 Å². The van der Waals surface area contributed by atoms with Gasteiger partial charge in [-0.05, 0) is 34.1 Å². The van der Waals surface area contributed by atoms with Gasteiger partial charge in [-0.2, -0.15) is 0 Å². The standard InChI is InChI=1S/C12H14BrNO5S/c1-14(2)11(15)5-6-20(18,19)10-7-8(12(16)17)3-4-9(10)13/h3-4,7H,5-6H2,1-2H3,(H,16,17). The summed E-state index contributed by atoms with van der Waals surface area (Å²) in [5.74, 6) is -1.89. The Morgan fingerprint density at radius 1 is 1.30 bits per heavy atom. The largest absolute Gasteiger partial charge is 0.478 e. The highest BCUT2D eigenvalue weighted by atomic mass is 79.9.